The number of fused-ring (bicyclic) bond motifs is 1. The lowest BCUT2D eigenvalue weighted by molar-refractivity contribution is 0.209. The van der Waals surface area contributed by atoms with Gasteiger partial charge in [0, 0.05) is 48.3 Å². The van der Waals surface area contributed by atoms with E-state index in [1.54, 1.807) is 16.7 Å². The van der Waals surface area contributed by atoms with Crippen LogP contribution in [0.25, 0.3) is 4.96 Å². The Morgan fingerprint density at radius 1 is 1.26 bits per heavy atom. The third-order valence-electron chi connectivity index (χ3n) is 4.14. The van der Waals surface area contributed by atoms with Crippen LogP contribution in [0.5, 0.6) is 0 Å². The van der Waals surface area contributed by atoms with E-state index >= 15 is 0 Å². The molecule has 0 N–H and O–H groups in total. The maximum atomic E-state index is 12.2. The SMILES string of the molecule is O=c1cc(CN2CCSC[C@H]2c2ccccc2)nc2sccn12. The highest BCUT2D eigenvalue weighted by atomic mass is 32.2. The van der Waals surface area contributed by atoms with Gasteiger partial charge in [0.2, 0.25) is 0 Å². The summed E-state index contributed by atoms with van der Waals surface area (Å²) in [5, 5.41) is 1.90. The van der Waals surface area contributed by atoms with Crippen molar-refractivity contribution in [3.05, 3.63) is 69.6 Å². The van der Waals surface area contributed by atoms with Gasteiger partial charge in [-0.15, -0.1) is 11.3 Å². The van der Waals surface area contributed by atoms with Gasteiger partial charge in [-0.1, -0.05) is 30.3 Å². The van der Waals surface area contributed by atoms with Gasteiger partial charge in [0.1, 0.15) is 0 Å². The molecule has 3 heterocycles. The van der Waals surface area contributed by atoms with Gasteiger partial charge in [0.25, 0.3) is 5.56 Å². The van der Waals surface area contributed by atoms with Gasteiger partial charge >= 0.3 is 0 Å². The van der Waals surface area contributed by atoms with E-state index in [4.69, 9.17) is 0 Å². The molecule has 1 atom stereocenters. The molecule has 2 aromatic heterocycles. The van der Waals surface area contributed by atoms with Crippen LogP contribution < -0.4 is 5.56 Å². The van der Waals surface area contributed by atoms with Crippen LogP contribution >= 0.6 is 23.1 Å². The molecule has 0 saturated carbocycles. The van der Waals surface area contributed by atoms with E-state index in [0.717, 1.165) is 35.3 Å². The minimum Gasteiger partial charge on any atom is -0.289 e. The summed E-state index contributed by atoms with van der Waals surface area (Å²) in [5.41, 5.74) is 2.22. The Kier molecular flexibility index (Phi) is 4.20. The van der Waals surface area contributed by atoms with Crippen molar-refractivity contribution < 1.29 is 0 Å². The van der Waals surface area contributed by atoms with Gasteiger partial charge in [0.05, 0.1) is 5.69 Å². The molecular formula is C17H17N3OS2. The molecule has 1 aromatic carbocycles. The van der Waals surface area contributed by atoms with Crippen molar-refractivity contribution in [3.8, 4) is 0 Å². The van der Waals surface area contributed by atoms with Crippen LogP contribution in [0, 0.1) is 0 Å². The average Bonchev–Trinajstić information content (AvgIpc) is 3.05. The van der Waals surface area contributed by atoms with E-state index in [1.807, 2.05) is 17.1 Å². The van der Waals surface area contributed by atoms with Crippen molar-refractivity contribution in [1.29, 1.82) is 0 Å². The van der Waals surface area contributed by atoms with E-state index in [-0.39, 0.29) is 5.56 Å². The molecule has 0 spiro atoms. The first kappa shape index (κ1) is 14.9. The molecule has 6 heteroatoms. The van der Waals surface area contributed by atoms with Crippen LogP contribution in [0.1, 0.15) is 17.3 Å². The summed E-state index contributed by atoms with van der Waals surface area (Å²) < 4.78 is 1.61. The normalized spacial score (nSPS) is 19.2. The van der Waals surface area contributed by atoms with Crippen LogP contribution in [0.15, 0.2) is 52.8 Å². The zero-order valence-electron chi connectivity index (χ0n) is 12.6. The summed E-state index contributed by atoms with van der Waals surface area (Å²) in [6.45, 7) is 1.75. The number of rotatable bonds is 3. The Bertz CT molecular complexity index is 859. The maximum absolute atomic E-state index is 12.2. The van der Waals surface area contributed by atoms with Gasteiger partial charge < -0.3 is 0 Å². The largest absolute Gasteiger partial charge is 0.289 e. The highest BCUT2D eigenvalue weighted by molar-refractivity contribution is 7.99. The van der Waals surface area contributed by atoms with E-state index in [2.05, 4.69) is 40.2 Å². The van der Waals surface area contributed by atoms with Crippen LogP contribution in [-0.2, 0) is 6.54 Å². The summed E-state index contributed by atoms with van der Waals surface area (Å²) in [6.07, 6.45) is 1.78. The number of hydrogen-bond donors (Lipinski definition) is 0. The smallest absolute Gasteiger partial charge is 0.258 e. The van der Waals surface area contributed by atoms with Crippen LogP contribution in [-0.4, -0.2) is 32.3 Å². The van der Waals surface area contributed by atoms with Crippen molar-refractivity contribution in [2.24, 2.45) is 0 Å². The third-order valence-corrected chi connectivity index (χ3v) is 5.92. The number of aromatic nitrogens is 2. The molecule has 1 fully saturated rings. The first-order valence-electron chi connectivity index (χ1n) is 7.64. The zero-order valence-corrected chi connectivity index (χ0v) is 14.2. The molecule has 0 radical (unpaired) electrons. The predicted molar refractivity (Wildman–Crippen MR) is 96.3 cm³/mol. The Balaban J connectivity index is 1.63. The fraction of sp³-hybridized carbons (Fsp3) is 0.294. The van der Waals surface area contributed by atoms with Crippen LogP contribution in [0.4, 0.5) is 0 Å². The maximum Gasteiger partial charge on any atom is 0.258 e. The van der Waals surface area contributed by atoms with Gasteiger partial charge in [-0.05, 0) is 5.56 Å². The summed E-state index contributed by atoms with van der Waals surface area (Å²) in [4.78, 5) is 20.0. The fourth-order valence-electron chi connectivity index (χ4n) is 2.99. The molecule has 0 bridgehead atoms. The lowest BCUT2D eigenvalue weighted by Crippen LogP contribution is -2.36. The summed E-state index contributed by atoms with van der Waals surface area (Å²) in [6, 6.07) is 12.7. The fourth-order valence-corrected chi connectivity index (χ4v) is 4.88. The molecule has 0 unspecified atom stereocenters. The predicted octanol–water partition coefficient (Wildman–Crippen LogP) is 3.05. The van der Waals surface area contributed by atoms with Gasteiger partial charge in [-0.2, -0.15) is 11.8 Å². The second-order valence-corrected chi connectivity index (χ2v) is 7.64. The number of thioether (sulfide) groups is 1. The van der Waals surface area contributed by atoms with Crippen molar-refractivity contribution in [2.75, 3.05) is 18.1 Å². The molecule has 1 saturated heterocycles. The highest BCUT2D eigenvalue weighted by Crippen LogP contribution is 2.30. The lowest BCUT2D eigenvalue weighted by atomic mass is 10.1. The quantitative estimate of drug-likeness (QED) is 0.732. The van der Waals surface area contributed by atoms with Gasteiger partial charge in [0.15, 0.2) is 4.96 Å². The Morgan fingerprint density at radius 2 is 2.13 bits per heavy atom. The minimum atomic E-state index is 0.00824. The lowest BCUT2D eigenvalue weighted by Gasteiger charge is -2.35. The van der Waals surface area contributed by atoms with E-state index in [1.165, 1.54) is 16.9 Å². The molecule has 0 aliphatic carbocycles. The molecular weight excluding hydrogens is 326 g/mol. The molecule has 3 aromatic rings. The topological polar surface area (TPSA) is 37.6 Å². The first-order valence-corrected chi connectivity index (χ1v) is 9.67. The Morgan fingerprint density at radius 3 is 3.00 bits per heavy atom. The Labute approximate surface area is 142 Å². The van der Waals surface area contributed by atoms with Crippen molar-refractivity contribution in [3.63, 3.8) is 0 Å². The monoisotopic (exact) mass is 343 g/mol. The van der Waals surface area contributed by atoms with Gasteiger partial charge in [-0.3, -0.25) is 14.1 Å². The standard InChI is InChI=1S/C17H17N3OS2/c21-16-10-14(18-17-20(16)7-9-23-17)11-19-6-8-22-12-15(19)13-4-2-1-3-5-13/h1-5,7,9-10,15H,6,8,11-12H2/t15-/m0/s1. The van der Waals surface area contributed by atoms with E-state index in [0.29, 0.717) is 6.04 Å². The summed E-state index contributed by atoms with van der Waals surface area (Å²) in [5.74, 6) is 2.22. The first-order chi connectivity index (χ1) is 11.3. The molecule has 4 rings (SSSR count). The van der Waals surface area contributed by atoms with Crippen molar-refractivity contribution in [2.45, 2.75) is 12.6 Å². The van der Waals surface area contributed by atoms with Gasteiger partial charge in [-0.25, -0.2) is 4.98 Å². The summed E-state index contributed by atoms with van der Waals surface area (Å²) >= 11 is 3.50. The highest BCUT2D eigenvalue weighted by Gasteiger charge is 2.24. The second kappa shape index (κ2) is 6.47. The summed E-state index contributed by atoms with van der Waals surface area (Å²) in [7, 11) is 0. The number of nitrogens with zero attached hydrogens (tertiary/aromatic N) is 3. The average molecular weight is 343 g/mol. The molecule has 118 valence electrons. The molecule has 4 nitrogen and oxygen atoms in total. The second-order valence-electron chi connectivity index (χ2n) is 5.61. The molecule has 1 aliphatic heterocycles. The molecule has 0 amide bonds. The van der Waals surface area contributed by atoms with Crippen molar-refractivity contribution >= 4 is 28.1 Å². The molecule has 1 aliphatic rings. The van der Waals surface area contributed by atoms with E-state index in [9.17, 15) is 4.79 Å². The number of benzene rings is 1. The van der Waals surface area contributed by atoms with Crippen LogP contribution in [0.2, 0.25) is 0 Å². The number of hydrogen-bond acceptors (Lipinski definition) is 5. The van der Waals surface area contributed by atoms with E-state index < -0.39 is 0 Å². The van der Waals surface area contributed by atoms with Crippen LogP contribution in [0.3, 0.4) is 0 Å². The minimum absolute atomic E-state index is 0.00824. The zero-order chi connectivity index (χ0) is 15.6. The Hall–Kier alpha value is -1.63. The van der Waals surface area contributed by atoms with Crippen molar-refractivity contribution in [1.82, 2.24) is 14.3 Å². The third kappa shape index (κ3) is 3.06. The number of thiazole rings is 1. The molecule has 23 heavy (non-hydrogen) atoms.